The van der Waals surface area contributed by atoms with Crippen LogP contribution in [0.1, 0.15) is 32.3 Å². The third-order valence-corrected chi connectivity index (χ3v) is 39.7. The second-order valence-electron chi connectivity index (χ2n) is 14.6. The predicted molar refractivity (Wildman–Crippen MR) is 113 cm³/mol. The van der Waals surface area contributed by atoms with Gasteiger partial charge in [-0.3, -0.25) is 0 Å². The number of hydrogen-bond acceptors (Lipinski definition) is 0. The van der Waals surface area contributed by atoms with Crippen LogP contribution in [-0.4, -0.2) is 13.8 Å². The number of hydrogen-bond donors (Lipinski definition) is 0. The minimum absolute atomic E-state index is 0. The van der Waals surface area contributed by atoms with Crippen LogP contribution >= 0.6 is 0 Å². The third-order valence-electron chi connectivity index (χ3n) is 7.71. The van der Waals surface area contributed by atoms with Crippen molar-refractivity contribution in [3.8, 4) is 0 Å². The summed E-state index contributed by atoms with van der Waals surface area (Å²) in [6, 6.07) is 5.08. The number of allylic oxidation sites excluding steroid dienone is 5. The van der Waals surface area contributed by atoms with Gasteiger partial charge < -0.3 is 24.8 Å². The quantitative estimate of drug-likeness (QED) is 0.444. The Morgan fingerprint density at radius 2 is 1.38 bits per heavy atom. The van der Waals surface area contributed by atoms with Crippen LogP contribution in [0.4, 0.5) is 0 Å². The maximum Gasteiger partial charge on any atom is -1.00 e. The van der Waals surface area contributed by atoms with Gasteiger partial charge in [-0.2, -0.15) is 0 Å². The van der Waals surface area contributed by atoms with Crippen LogP contribution in [0.3, 0.4) is 0 Å². The Morgan fingerprint density at radius 1 is 0.846 bits per heavy atom. The maximum absolute atomic E-state index is 4.56. The molecule has 4 rings (SSSR count). The summed E-state index contributed by atoms with van der Waals surface area (Å²) < 4.78 is 11.9. The Morgan fingerprint density at radius 3 is 1.96 bits per heavy atom. The molecule has 0 saturated carbocycles. The summed E-state index contributed by atoms with van der Waals surface area (Å²) in [5.74, 6) is 0. The van der Waals surface area contributed by atoms with E-state index in [0.29, 0.717) is 7.25 Å². The molecule has 0 spiro atoms. The van der Waals surface area contributed by atoms with E-state index in [9.17, 15) is 0 Å². The SMILES string of the molecule is [CH3][Zr]([CH3])([CH3])([CH3])(=[SiH2])(=[SiH2])([CH]1C=CC=C1)[CH]1C=Cc2cc3c(cc21)CCC3.[Cl-].[Cl-]. The van der Waals surface area contributed by atoms with Crippen molar-refractivity contribution in [1.29, 1.82) is 0 Å². The molecule has 0 radical (unpaired) electrons. The molecular formula is C21H32Cl2Si2Zr-2. The van der Waals surface area contributed by atoms with Gasteiger partial charge in [0.2, 0.25) is 0 Å². The minimum Gasteiger partial charge on any atom is -1.00 e. The summed E-state index contributed by atoms with van der Waals surface area (Å²) in [4.78, 5) is 0. The van der Waals surface area contributed by atoms with Crippen LogP contribution in [0.5, 0.6) is 0 Å². The average Bonchev–Trinajstić information content (AvgIpc) is 3.13. The first-order valence-electron chi connectivity index (χ1n) is 9.56. The van der Waals surface area contributed by atoms with Crippen LogP contribution in [0.25, 0.3) is 6.08 Å². The van der Waals surface area contributed by atoms with E-state index in [2.05, 4.69) is 80.9 Å². The molecule has 5 heteroatoms. The predicted octanol–water partition coefficient (Wildman–Crippen LogP) is -1.25. The largest absolute Gasteiger partial charge is 1.00 e. The van der Waals surface area contributed by atoms with E-state index >= 15 is 0 Å². The molecule has 1 aromatic rings. The molecule has 1 unspecified atom stereocenters. The molecule has 1 aromatic carbocycles. The summed E-state index contributed by atoms with van der Waals surface area (Å²) in [6.45, 7) is 4.79. The summed E-state index contributed by atoms with van der Waals surface area (Å²) in [7, 11) is 0. The topological polar surface area (TPSA) is 0 Å². The number of halogens is 2. The maximum atomic E-state index is 2.70. The Balaban J connectivity index is 0.00000121. The fourth-order valence-corrected chi connectivity index (χ4v) is 28.6. The Kier molecular flexibility index (Phi) is 3.97. The van der Waals surface area contributed by atoms with Crippen molar-refractivity contribution in [2.24, 2.45) is 0 Å². The van der Waals surface area contributed by atoms with E-state index < -0.39 is 11.6 Å². The molecule has 0 N–H and O–H groups in total. The molecule has 0 nitrogen and oxygen atoms in total. The van der Waals surface area contributed by atoms with Gasteiger partial charge in [0.15, 0.2) is 0 Å². The summed E-state index contributed by atoms with van der Waals surface area (Å²) in [5.41, 5.74) is 6.30. The van der Waals surface area contributed by atoms with Crippen molar-refractivity contribution in [1.82, 2.24) is 0 Å². The van der Waals surface area contributed by atoms with Crippen molar-refractivity contribution in [3.05, 3.63) is 64.8 Å². The van der Waals surface area contributed by atoms with Crippen molar-refractivity contribution in [2.75, 3.05) is 0 Å². The fraction of sp³-hybridized carbons (Fsp3) is 0.429. The standard InChI is InChI=1S/C12H11.C5H5.4CH3.2ClH.2H2Si.Zr/c1-3-9-7-11-5-2-6-12(11)8-10(9)4-1;1-2-4-5-3-1;;;;;;;;;/h1,3-4,7-8H,2,5-6H2;1-5H;4*1H3;2*1H;2*1H2;/p-2. The van der Waals surface area contributed by atoms with Crippen molar-refractivity contribution in [2.45, 2.75) is 45.0 Å². The van der Waals surface area contributed by atoms with Crippen molar-refractivity contribution >= 4 is 19.8 Å². The second-order valence-corrected chi connectivity index (χ2v) is 119. The first kappa shape index (κ1) is 22.6. The zero-order valence-electron chi connectivity index (χ0n) is 16.6. The van der Waals surface area contributed by atoms with Crippen LogP contribution in [0, 0.1) is 0 Å². The van der Waals surface area contributed by atoms with E-state index in [1.54, 1.807) is 16.7 Å². The van der Waals surface area contributed by atoms with E-state index in [0.717, 1.165) is 0 Å². The molecule has 0 aliphatic heterocycles. The van der Waals surface area contributed by atoms with Gasteiger partial charge in [0, 0.05) is 0 Å². The third kappa shape index (κ3) is 3.01. The van der Waals surface area contributed by atoms with Gasteiger partial charge in [0.05, 0.1) is 0 Å². The van der Waals surface area contributed by atoms with Crippen molar-refractivity contribution < 1.29 is 36.4 Å². The van der Waals surface area contributed by atoms with E-state index in [1.807, 2.05) is 0 Å². The number of rotatable bonds is 2. The molecule has 26 heavy (non-hydrogen) atoms. The Bertz CT molecular complexity index is 1140. The zero-order valence-corrected chi connectivity index (χ0v) is 23.4. The van der Waals surface area contributed by atoms with Crippen molar-refractivity contribution in [3.63, 3.8) is 0 Å². The molecule has 0 heterocycles. The normalized spacial score (nSPS) is 26.5. The number of benzene rings is 1. The smallest absolute Gasteiger partial charge is 1.00 e. The molecular weight excluding hydrogens is 471 g/mol. The van der Waals surface area contributed by atoms with E-state index in [1.165, 1.54) is 24.8 Å². The van der Waals surface area contributed by atoms with Gasteiger partial charge in [0.25, 0.3) is 0 Å². The summed E-state index contributed by atoms with van der Waals surface area (Å²) in [6.07, 6.45) is 18.3. The molecule has 0 fully saturated rings. The molecule has 144 valence electrons. The van der Waals surface area contributed by atoms with Gasteiger partial charge in [-0.15, -0.1) is 0 Å². The zero-order chi connectivity index (χ0) is 17.6. The second kappa shape index (κ2) is 4.56. The fourth-order valence-electron chi connectivity index (χ4n) is 5.68. The van der Waals surface area contributed by atoms with Gasteiger partial charge >= 0.3 is 141 Å². The molecule has 3 aliphatic rings. The summed E-state index contributed by atoms with van der Waals surface area (Å²) >= 11 is -4.56. The van der Waals surface area contributed by atoms with Gasteiger partial charge in [-0.05, 0) is 0 Å². The minimum atomic E-state index is -4.56. The summed E-state index contributed by atoms with van der Waals surface area (Å²) in [5, 5.41) is 0. The van der Waals surface area contributed by atoms with Gasteiger partial charge in [-0.1, -0.05) is 0 Å². The van der Waals surface area contributed by atoms with Crippen LogP contribution in [0.15, 0.2) is 42.5 Å². The average molecular weight is 503 g/mol. The Labute approximate surface area is 164 Å². The van der Waals surface area contributed by atoms with E-state index in [4.69, 9.17) is 0 Å². The molecule has 3 aliphatic carbocycles. The molecule has 0 bridgehead atoms. The molecule has 0 saturated heterocycles. The number of aryl methyl sites for hydroxylation is 2. The molecule has 1 atom stereocenters. The van der Waals surface area contributed by atoms with Gasteiger partial charge in [0.1, 0.15) is 0 Å². The first-order chi connectivity index (χ1) is 10.6. The molecule has 0 amide bonds. The Hall–Kier alpha value is 0.337. The molecule has 0 aromatic heterocycles. The van der Waals surface area contributed by atoms with Crippen LogP contribution < -0.4 is 24.8 Å². The van der Waals surface area contributed by atoms with E-state index in [-0.39, 0.29) is 24.8 Å². The first-order valence-corrected chi connectivity index (χ1v) is 34.1. The van der Waals surface area contributed by atoms with Crippen LogP contribution in [0.2, 0.25) is 22.2 Å². The monoisotopic (exact) mass is 500 g/mol. The van der Waals surface area contributed by atoms with Crippen LogP contribution in [-0.2, 0) is 24.4 Å². The van der Waals surface area contributed by atoms with Gasteiger partial charge in [-0.25, -0.2) is 0 Å². The number of fused-ring (bicyclic) bond motifs is 2.